The van der Waals surface area contributed by atoms with E-state index in [1.165, 1.54) is 10.9 Å². The van der Waals surface area contributed by atoms with Crippen LogP contribution in [0.3, 0.4) is 0 Å². The smallest absolute Gasteiger partial charge is 0.310 e. The van der Waals surface area contributed by atoms with Gasteiger partial charge in [-0.05, 0) is 24.5 Å². The lowest BCUT2D eigenvalue weighted by molar-refractivity contribution is -0.142. The lowest BCUT2D eigenvalue weighted by Crippen LogP contribution is -2.33. The highest BCUT2D eigenvalue weighted by Crippen LogP contribution is 2.32. The number of nitrogens with one attached hydrogen (secondary N) is 1. The molecule has 12 nitrogen and oxygen atoms in total. The number of imidazole rings is 1. The summed E-state index contributed by atoms with van der Waals surface area (Å²) in [5.41, 5.74) is 8.65. The zero-order chi connectivity index (χ0) is 24.2. The van der Waals surface area contributed by atoms with Gasteiger partial charge in [0.05, 0.1) is 26.0 Å². The summed E-state index contributed by atoms with van der Waals surface area (Å²) in [5, 5.41) is 32.9. The number of hydrogen-bond donors (Lipinski definition) is 5. The second-order valence-corrected chi connectivity index (χ2v) is 7.96. The molecule has 0 saturated carbocycles. The fourth-order valence-corrected chi connectivity index (χ4v) is 3.83. The number of nitrogen functional groups attached to an aromatic ring is 1. The standard InChI is InChI=1S/C22H28N6O6/c1-2-33-15(30)9-13-5-3-12(4-6-13)7-8-24-22-26-19(23)16-20(27-22)28(11-25-16)21-18(32)17(31)14(10-29)34-21/h3-6,11,14,17-18,21,29,31-32H,2,7-10H2,1H3,(H3,23,24,26,27)/t14-,17?,18?,21-/m1/s1. The molecule has 182 valence electrons. The molecule has 0 radical (unpaired) electrons. The van der Waals surface area contributed by atoms with E-state index in [1.54, 1.807) is 6.92 Å². The minimum atomic E-state index is -1.27. The summed E-state index contributed by atoms with van der Waals surface area (Å²) in [6.07, 6.45) is -2.10. The fourth-order valence-electron chi connectivity index (χ4n) is 3.83. The van der Waals surface area contributed by atoms with Crippen LogP contribution in [-0.2, 0) is 27.1 Å². The summed E-state index contributed by atoms with van der Waals surface area (Å²) in [6, 6.07) is 7.69. The van der Waals surface area contributed by atoms with Crippen LogP contribution >= 0.6 is 0 Å². The van der Waals surface area contributed by atoms with Crippen LogP contribution in [0.25, 0.3) is 11.2 Å². The number of hydrogen-bond acceptors (Lipinski definition) is 11. The Morgan fingerprint density at radius 3 is 2.62 bits per heavy atom. The summed E-state index contributed by atoms with van der Waals surface area (Å²) in [7, 11) is 0. The topological polar surface area (TPSA) is 178 Å². The third-order valence-electron chi connectivity index (χ3n) is 5.61. The van der Waals surface area contributed by atoms with Crippen LogP contribution in [0.2, 0.25) is 0 Å². The van der Waals surface area contributed by atoms with E-state index >= 15 is 0 Å². The van der Waals surface area contributed by atoms with Gasteiger partial charge < -0.3 is 35.8 Å². The van der Waals surface area contributed by atoms with Crippen molar-refractivity contribution in [2.24, 2.45) is 0 Å². The lowest BCUT2D eigenvalue weighted by Gasteiger charge is -2.16. The van der Waals surface area contributed by atoms with E-state index in [4.69, 9.17) is 15.2 Å². The number of nitrogens with two attached hydrogens (primary N) is 1. The quantitative estimate of drug-likeness (QED) is 0.260. The van der Waals surface area contributed by atoms with Gasteiger partial charge in [0.15, 0.2) is 17.7 Å². The Hall–Kier alpha value is -3.32. The monoisotopic (exact) mass is 472 g/mol. The largest absolute Gasteiger partial charge is 0.466 e. The second-order valence-electron chi connectivity index (χ2n) is 7.96. The lowest BCUT2D eigenvalue weighted by atomic mass is 10.1. The number of ether oxygens (including phenoxy) is 2. The van der Waals surface area contributed by atoms with Crippen LogP contribution < -0.4 is 11.1 Å². The van der Waals surface area contributed by atoms with Crippen molar-refractivity contribution in [2.45, 2.75) is 44.3 Å². The summed E-state index contributed by atoms with van der Waals surface area (Å²) >= 11 is 0. The van der Waals surface area contributed by atoms with Crippen molar-refractivity contribution in [3.8, 4) is 0 Å². The first-order valence-electron chi connectivity index (χ1n) is 11.0. The molecule has 3 heterocycles. The number of aliphatic hydroxyl groups excluding tert-OH is 3. The number of anilines is 2. The molecule has 34 heavy (non-hydrogen) atoms. The molecule has 1 fully saturated rings. The predicted molar refractivity (Wildman–Crippen MR) is 122 cm³/mol. The molecule has 0 amide bonds. The molecule has 3 aromatic rings. The normalized spacial score (nSPS) is 22.2. The van der Waals surface area contributed by atoms with Gasteiger partial charge in [0.25, 0.3) is 0 Å². The summed E-state index contributed by atoms with van der Waals surface area (Å²) in [5.74, 6) is 0.178. The van der Waals surface area contributed by atoms with E-state index in [0.717, 1.165) is 11.1 Å². The molecule has 1 aromatic carbocycles. The molecular formula is C22H28N6O6. The number of aliphatic hydroxyl groups is 3. The Bertz CT molecular complexity index is 1140. The maximum Gasteiger partial charge on any atom is 0.310 e. The van der Waals surface area contributed by atoms with Gasteiger partial charge >= 0.3 is 5.97 Å². The first-order valence-corrected chi connectivity index (χ1v) is 11.0. The van der Waals surface area contributed by atoms with Gasteiger partial charge in [0.1, 0.15) is 23.8 Å². The second kappa shape index (κ2) is 10.3. The number of esters is 1. The number of carbonyl (C=O) groups is 1. The molecule has 0 aliphatic carbocycles. The van der Waals surface area contributed by atoms with Gasteiger partial charge in [-0.15, -0.1) is 0 Å². The van der Waals surface area contributed by atoms with E-state index in [1.807, 2.05) is 24.3 Å². The molecular weight excluding hydrogens is 444 g/mol. The van der Waals surface area contributed by atoms with Crippen molar-refractivity contribution < 1.29 is 29.6 Å². The number of benzene rings is 1. The van der Waals surface area contributed by atoms with Crippen molar-refractivity contribution in [3.63, 3.8) is 0 Å². The molecule has 4 atom stereocenters. The SMILES string of the molecule is CCOC(=O)Cc1ccc(CCNc2nc(N)c3ncn([C@@H]4O[C@H](CO)C(O)C4O)c3n2)cc1. The van der Waals surface area contributed by atoms with Gasteiger partial charge in [0.2, 0.25) is 5.95 Å². The molecule has 6 N–H and O–H groups in total. The van der Waals surface area contributed by atoms with E-state index in [0.29, 0.717) is 30.7 Å². The average Bonchev–Trinajstić information content (AvgIpc) is 3.36. The summed E-state index contributed by atoms with van der Waals surface area (Å²) in [6.45, 7) is 2.22. The number of fused-ring (bicyclic) bond motifs is 1. The number of rotatable bonds is 9. The zero-order valence-corrected chi connectivity index (χ0v) is 18.7. The Kier molecular flexibility index (Phi) is 7.22. The highest BCUT2D eigenvalue weighted by atomic mass is 16.6. The van der Waals surface area contributed by atoms with Gasteiger partial charge in [-0.2, -0.15) is 9.97 Å². The Morgan fingerprint density at radius 1 is 1.21 bits per heavy atom. The van der Waals surface area contributed by atoms with Gasteiger partial charge in [-0.25, -0.2) is 4.98 Å². The van der Waals surface area contributed by atoms with Crippen LogP contribution in [0.1, 0.15) is 24.3 Å². The maximum absolute atomic E-state index is 11.6. The van der Waals surface area contributed by atoms with E-state index < -0.39 is 31.1 Å². The van der Waals surface area contributed by atoms with Crippen molar-refractivity contribution >= 4 is 28.9 Å². The van der Waals surface area contributed by atoms with Crippen LogP contribution in [0, 0.1) is 0 Å². The molecule has 12 heteroatoms. The number of carbonyl (C=O) groups excluding carboxylic acids is 1. The van der Waals surface area contributed by atoms with Gasteiger partial charge in [0, 0.05) is 6.54 Å². The van der Waals surface area contributed by atoms with Crippen LogP contribution in [0.15, 0.2) is 30.6 Å². The highest BCUT2D eigenvalue weighted by molar-refractivity contribution is 5.83. The van der Waals surface area contributed by atoms with E-state index in [2.05, 4.69) is 20.3 Å². The molecule has 0 bridgehead atoms. The van der Waals surface area contributed by atoms with Crippen LogP contribution in [0.5, 0.6) is 0 Å². The van der Waals surface area contributed by atoms with Crippen LogP contribution in [-0.4, -0.2) is 78.9 Å². The average molecular weight is 473 g/mol. The van der Waals surface area contributed by atoms with E-state index in [-0.39, 0.29) is 24.2 Å². The van der Waals surface area contributed by atoms with Crippen molar-refractivity contribution in [2.75, 3.05) is 30.8 Å². The highest BCUT2D eigenvalue weighted by Gasteiger charge is 2.44. The first kappa shape index (κ1) is 23.8. The van der Waals surface area contributed by atoms with E-state index in [9.17, 15) is 20.1 Å². The maximum atomic E-state index is 11.6. The zero-order valence-electron chi connectivity index (χ0n) is 18.7. The van der Waals surface area contributed by atoms with Crippen molar-refractivity contribution in [1.29, 1.82) is 0 Å². The third kappa shape index (κ3) is 4.94. The molecule has 0 spiro atoms. The minimum absolute atomic E-state index is 0.154. The molecule has 1 aliphatic rings. The molecule has 4 rings (SSSR count). The molecule has 1 aliphatic heterocycles. The fraction of sp³-hybridized carbons (Fsp3) is 0.455. The Balaban J connectivity index is 1.42. The third-order valence-corrected chi connectivity index (χ3v) is 5.61. The predicted octanol–water partition coefficient (Wildman–Crippen LogP) is -0.220. The van der Waals surface area contributed by atoms with Crippen molar-refractivity contribution in [1.82, 2.24) is 19.5 Å². The number of aromatic nitrogens is 4. The van der Waals surface area contributed by atoms with Gasteiger partial charge in [-0.1, -0.05) is 24.3 Å². The summed E-state index contributed by atoms with van der Waals surface area (Å²) in [4.78, 5) is 24.5. The Morgan fingerprint density at radius 2 is 1.94 bits per heavy atom. The minimum Gasteiger partial charge on any atom is -0.466 e. The van der Waals surface area contributed by atoms with Crippen molar-refractivity contribution in [3.05, 3.63) is 41.7 Å². The van der Waals surface area contributed by atoms with Crippen LogP contribution in [0.4, 0.5) is 11.8 Å². The molecule has 2 aromatic heterocycles. The summed E-state index contributed by atoms with van der Waals surface area (Å²) < 4.78 is 12.0. The Labute approximate surface area is 195 Å². The number of nitrogens with zero attached hydrogens (tertiary/aromatic N) is 4. The van der Waals surface area contributed by atoms with Gasteiger partial charge in [-0.3, -0.25) is 9.36 Å². The molecule has 2 unspecified atom stereocenters. The first-order chi connectivity index (χ1) is 16.4. The molecule has 1 saturated heterocycles.